The van der Waals surface area contributed by atoms with Gasteiger partial charge in [-0.1, -0.05) is 121 Å². The maximum atomic E-state index is 5.39. The number of rotatable bonds is 3. The predicted octanol–water partition coefficient (Wildman–Crippen LogP) is 11.6. The van der Waals surface area contributed by atoms with Gasteiger partial charge in [-0.25, -0.2) is 9.97 Å². The van der Waals surface area contributed by atoms with Crippen molar-refractivity contribution in [1.82, 2.24) is 14.5 Å². The molecule has 0 unspecified atom stereocenters. The van der Waals surface area contributed by atoms with Crippen molar-refractivity contribution in [2.45, 2.75) is 0 Å². The van der Waals surface area contributed by atoms with Crippen molar-refractivity contribution in [3.63, 3.8) is 0 Å². The fraction of sp³-hybridized carbons (Fsp3) is 0. The van der Waals surface area contributed by atoms with Crippen LogP contribution >= 0.6 is 11.3 Å². The summed E-state index contributed by atoms with van der Waals surface area (Å²) in [6, 6.07) is 54.0. The minimum Gasteiger partial charge on any atom is -0.309 e. The van der Waals surface area contributed by atoms with E-state index in [0.717, 1.165) is 38.5 Å². The summed E-state index contributed by atoms with van der Waals surface area (Å²) in [6.07, 6.45) is 0. The number of para-hydroxylation sites is 2. The molecule has 0 bridgehead atoms. The van der Waals surface area contributed by atoms with Gasteiger partial charge in [-0.15, -0.1) is 11.3 Å². The smallest absolute Gasteiger partial charge is 0.161 e. The van der Waals surface area contributed by atoms with Gasteiger partial charge in [-0.2, -0.15) is 0 Å². The van der Waals surface area contributed by atoms with Crippen LogP contribution in [0.3, 0.4) is 0 Å². The van der Waals surface area contributed by atoms with Crippen LogP contribution in [-0.4, -0.2) is 14.5 Å². The predicted molar refractivity (Wildman–Crippen MR) is 195 cm³/mol. The molecule has 0 saturated heterocycles. The van der Waals surface area contributed by atoms with Crippen molar-refractivity contribution in [3.8, 4) is 28.3 Å². The molecule has 0 fully saturated rings. The van der Waals surface area contributed by atoms with Crippen molar-refractivity contribution in [3.05, 3.63) is 152 Å². The first-order chi connectivity index (χ1) is 22.8. The second kappa shape index (κ2) is 9.83. The third kappa shape index (κ3) is 3.65. The highest BCUT2D eigenvalue weighted by Crippen LogP contribution is 2.47. The van der Waals surface area contributed by atoms with E-state index in [9.17, 15) is 0 Å². The second-order valence-corrected chi connectivity index (χ2v) is 12.8. The van der Waals surface area contributed by atoms with E-state index in [0.29, 0.717) is 0 Å². The largest absolute Gasteiger partial charge is 0.309 e. The summed E-state index contributed by atoms with van der Waals surface area (Å²) in [4.78, 5) is 11.6. The van der Waals surface area contributed by atoms with Crippen LogP contribution in [0.4, 0.5) is 0 Å². The summed E-state index contributed by atoms with van der Waals surface area (Å²) in [6.45, 7) is 0. The fourth-order valence-electron chi connectivity index (χ4n) is 7.20. The quantitative estimate of drug-likeness (QED) is 0.188. The van der Waals surface area contributed by atoms with E-state index in [2.05, 4.69) is 150 Å². The number of aromatic nitrogens is 3. The number of fused-ring (bicyclic) bond motifs is 11. The third-order valence-corrected chi connectivity index (χ3v) is 10.3. The lowest BCUT2D eigenvalue weighted by Gasteiger charge is -2.11. The van der Waals surface area contributed by atoms with Crippen LogP contribution in [0.5, 0.6) is 0 Å². The molecule has 0 N–H and O–H groups in total. The zero-order valence-corrected chi connectivity index (χ0v) is 25.5. The third-order valence-electron chi connectivity index (χ3n) is 9.20. The SMILES string of the molecule is c1ccc(-c2nc(-c3ccc4c(c3)c3ccccc3n4-c3ccccc3)c3c(n2)sc2c4ccccc4c4ccccc4c23)cc1. The lowest BCUT2D eigenvalue weighted by atomic mass is 9.96. The van der Waals surface area contributed by atoms with E-state index in [4.69, 9.17) is 9.97 Å². The molecule has 214 valence electrons. The van der Waals surface area contributed by atoms with Crippen LogP contribution in [-0.2, 0) is 0 Å². The molecule has 0 atom stereocenters. The van der Waals surface area contributed by atoms with Crippen molar-refractivity contribution in [2.24, 2.45) is 0 Å². The maximum absolute atomic E-state index is 5.39. The monoisotopic (exact) mass is 603 g/mol. The number of benzene rings is 7. The number of hydrogen-bond donors (Lipinski definition) is 0. The van der Waals surface area contributed by atoms with E-state index in [1.165, 1.54) is 53.4 Å². The molecular formula is C42H25N3S. The van der Waals surface area contributed by atoms with Crippen molar-refractivity contribution < 1.29 is 0 Å². The summed E-state index contributed by atoms with van der Waals surface area (Å²) in [5, 5.41) is 9.80. The Hall–Kier alpha value is -5.84. The van der Waals surface area contributed by atoms with Gasteiger partial charge < -0.3 is 4.57 Å². The van der Waals surface area contributed by atoms with Gasteiger partial charge in [0, 0.05) is 48.4 Å². The Morgan fingerprint density at radius 2 is 1.04 bits per heavy atom. The van der Waals surface area contributed by atoms with Crippen LogP contribution in [0, 0.1) is 0 Å². The molecular weight excluding hydrogens is 579 g/mol. The molecule has 0 aliphatic heterocycles. The van der Waals surface area contributed by atoms with Crippen molar-refractivity contribution in [1.29, 1.82) is 0 Å². The van der Waals surface area contributed by atoms with Crippen LogP contribution in [0.15, 0.2) is 152 Å². The normalized spacial score (nSPS) is 11.9. The first-order valence-electron chi connectivity index (χ1n) is 15.5. The lowest BCUT2D eigenvalue weighted by molar-refractivity contribution is 1.18. The lowest BCUT2D eigenvalue weighted by Crippen LogP contribution is -1.95. The molecule has 0 aliphatic carbocycles. The zero-order valence-electron chi connectivity index (χ0n) is 24.7. The van der Waals surface area contributed by atoms with Gasteiger partial charge >= 0.3 is 0 Å². The Labute approximate surface area is 268 Å². The van der Waals surface area contributed by atoms with Crippen LogP contribution in [0.2, 0.25) is 0 Å². The zero-order chi connectivity index (χ0) is 30.2. The highest BCUT2D eigenvalue weighted by atomic mass is 32.1. The molecule has 10 rings (SSSR count). The van der Waals surface area contributed by atoms with E-state index in [1.54, 1.807) is 11.3 Å². The summed E-state index contributed by atoms with van der Waals surface area (Å²) in [5.41, 5.74) is 6.59. The van der Waals surface area contributed by atoms with E-state index < -0.39 is 0 Å². The van der Waals surface area contributed by atoms with Crippen LogP contribution in [0.1, 0.15) is 0 Å². The first kappa shape index (κ1) is 25.5. The Bertz CT molecular complexity index is 2790. The molecule has 3 heterocycles. The Kier molecular flexibility index (Phi) is 5.45. The van der Waals surface area contributed by atoms with E-state index >= 15 is 0 Å². The molecule has 0 saturated carbocycles. The van der Waals surface area contributed by atoms with E-state index in [-0.39, 0.29) is 0 Å². The van der Waals surface area contributed by atoms with Gasteiger partial charge in [0.2, 0.25) is 0 Å². The van der Waals surface area contributed by atoms with Crippen LogP contribution < -0.4 is 0 Å². The minimum atomic E-state index is 0.745. The Balaban J connectivity index is 1.36. The molecule has 0 aliphatic rings. The molecule has 46 heavy (non-hydrogen) atoms. The number of thiophene rings is 1. The molecule has 0 amide bonds. The molecule has 0 spiro atoms. The molecule has 10 aromatic rings. The van der Waals surface area contributed by atoms with Crippen molar-refractivity contribution in [2.75, 3.05) is 0 Å². The average molecular weight is 604 g/mol. The van der Waals surface area contributed by atoms with Crippen LogP contribution in [0.25, 0.3) is 92.0 Å². The second-order valence-electron chi connectivity index (χ2n) is 11.8. The fourth-order valence-corrected chi connectivity index (χ4v) is 8.43. The summed E-state index contributed by atoms with van der Waals surface area (Å²) in [7, 11) is 0. The molecule has 7 aromatic carbocycles. The maximum Gasteiger partial charge on any atom is 0.161 e. The van der Waals surface area contributed by atoms with Gasteiger partial charge in [0.05, 0.1) is 16.7 Å². The first-order valence-corrected chi connectivity index (χ1v) is 16.3. The molecule has 0 radical (unpaired) electrons. The summed E-state index contributed by atoms with van der Waals surface area (Å²) in [5.74, 6) is 0.745. The Morgan fingerprint density at radius 3 is 1.83 bits per heavy atom. The van der Waals surface area contributed by atoms with Gasteiger partial charge in [0.25, 0.3) is 0 Å². The standard InChI is InChI=1S/C42H25N3S/c1-3-13-26(14-4-1)41-43-39(27-23-24-36-34(25-27)31-19-11-12-22-35(31)45(36)28-15-5-2-6-16-28)38-37-32-20-9-7-17-29(32)30-18-8-10-21-33(30)40(37)46-42(38)44-41/h1-25H. The number of hydrogen-bond acceptors (Lipinski definition) is 3. The molecule has 3 aromatic heterocycles. The highest BCUT2D eigenvalue weighted by Gasteiger charge is 2.22. The molecule has 3 nitrogen and oxygen atoms in total. The summed E-state index contributed by atoms with van der Waals surface area (Å²) >= 11 is 1.78. The van der Waals surface area contributed by atoms with Crippen molar-refractivity contribution >= 4 is 75.0 Å². The van der Waals surface area contributed by atoms with Gasteiger partial charge in [0.15, 0.2) is 5.82 Å². The van der Waals surface area contributed by atoms with Gasteiger partial charge in [-0.05, 0) is 46.5 Å². The Morgan fingerprint density at radius 1 is 0.435 bits per heavy atom. The van der Waals surface area contributed by atoms with Gasteiger partial charge in [-0.3, -0.25) is 0 Å². The number of nitrogens with zero attached hydrogens (tertiary/aromatic N) is 3. The topological polar surface area (TPSA) is 30.7 Å². The minimum absolute atomic E-state index is 0.745. The van der Waals surface area contributed by atoms with Gasteiger partial charge in [0.1, 0.15) is 4.83 Å². The van der Waals surface area contributed by atoms with E-state index in [1.807, 2.05) is 6.07 Å². The summed E-state index contributed by atoms with van der Waals surface area (Å²) < 4.78 is 3.62. The highest BCUT2D eigenvalue weighted by molar-refractivity contribution is 7.26. The molecule has 4 heteroatoms. The average Bonchev–Trinajstić information content (AvgIpc) is 3.68.